The van der Waals surface area contributed by atoms with Gasteiger partial charge in [0.2, 0.25) is 5.91 Å². The van der Waals surface area contributed by atoms with Crippen molar-refractivity contribution >= 4 is 29.3 Å². The van der Waals surface area contributed by atoms with Gasteiger partial charge >= 0.3 is 12.1 Å². The fourth-order valence-electron chi connectivity index (χ4n) is 1.54. The quantitative estimate of drug-likeness (QED) is 0.827. The number of halogens is 3. The molecular weight excluding hydrogens is 271 g/mol. The minimum absolute atomic E-state index is 0.0106. The van der Waals surface area contributed by atoms with Crippen molar-refractivity contribution in [3.63, 3.8) is 0 Å². The molecule has 4 nitrogen and oxygen atoms in total. The summed E-state index contributed by atoms with van der Waals surface area (Å²) in [4.78, 5) is 22.1. The SMILES string of the molecule is O=C1CSc2cc(C(F)(F)F)c(C(=O)O)cc2N1. The van der Waals surface area contributed by atoms with E-state index in [4.69, 9.17) is 5.11 Å². The van der Waals surface area contributed by atoms with Gasteiger partial charge in [0.05, 0.1) is 22.6 Å². The highest BCUT2D eigenvalue weighted by molar-refractivity contribution is 8.00. The van der Waals surface area contributed by atoms with E-state index in [-0.39, 0.29) is 22.2 Å². The summed E-state index contributed by atoms with van der Waals surface area (Å²) in [6.45, 7) is 0. The lowest BCUT2D eigenvalue weighted by Gasteiger charge is -2.19. The van der Waals surface area contributed by atoms with Gasteiger partial charge in [0.15, 0.2) is 0 Å². The number of amides is 1. The minimum Gasteiger partial charge on any atom is -0.478 e. The number of thioether (sulfide) groups is 1. The molecule has 0 radical (unpaired) electrons. The van der Waals surface area contributed by atoms with Crippen molar-refractivity contribution in [2.24, 2.45) is 0 Å². The van der Waals surface area contributed by atoms with Crippen LogP contribution in [0.5, 0.6) is 0 Å². The van der Waals surface area contributed by atoms with Crippen LogP contribution in [-0.2, 0) is 11.0 Å². The third-order valence-corrected chi connectivity index (χ3v) is 3.34. The predicted molar refractivity (Wildman–Crippen MR) is 57.8 cm³/mol. The molecule has 18 heavy (non-hydrogen) atoms. The lowest BCUT2D eigenvalue weighted by atomic mass is 10.1. The van der Waals surface area contributed by atoms with Crippen LogP contribution in [0.3, 0.4) is 0 Å². The lowest BCUT2D eigenvalue weighted by Crippen LogP contribution is -2.21. The molecule has 1 aliphatic rings. The molecule has 0 aromatic heterocycles. The van der Waals surface area contributed by atoms with Crippen LogP contribution in [0.1, 0.15) is 15.9 Å². The number of anilines is 1. The van der Waals surface area contributed by atoms with Crippen molar-refractivity contribution in [1.29, 1.82) is 0 Å². The summed E-state index contributed by atoms with van der Waals surface area (Å²) < 4.78 is 38.1. The molecule has 0 bridgehead atoms. The van der Waals surface area contributed by atoms with Gasteiger partial charge in [0, 0.05) is 4.90 Å². The van der Waals surface area contributed by atoms with Crippen molar-refractivity contribution in [3.8, 4) is 0 Å². The number of nitrogens with one attached hydrogen (secondary N) is 1. The molecule has 0 unspecified atom stereocenters. The number of carbonyl (C=O) groups excluding carboxylic acids is 1. The summed E-state index contributed by atoms with van der Waals surface area (Å²) in [6.07, 6.45) is -4.75. The Morgan fingerprint density at radius 1 is 1.39 bits per heavy atom. The number of aromatic carboxylic acids is 1. The second-order valence-corrected chi connectivity index (χ2v) is 4.55. The van der Waals surface area contributed by atoms with E-state index in [0.29, 0.717) is 0 Å². The zero-order valence-corrected chi connectivity index (χ0v) is 9.48. The second kappa shape index (κ2) is 4.20. The maximum atomic E-state index is 12.7. The summed E-state index contributed by atoms with van der Waals surface area (Å²) in [5.74, 6) is -2.05. The van der Waals surface area contributed by atoms with Crippen LogP contribution in [0.2, 0.25) is 0 Å². The molecule has 8 heteroatoms. The topological polar surface area (TPSA) is 66.4 Å². The Morgan fingerprint density at radius 3 is 2.61 bits per heavy atom. The fourth-order valence-corrected chi connectivity index (χ4v) is 2.36. The third-order valence-electron chi connectivity index (χ3n) is 2.29. The van der Waals surface area contributed by atoms with Crippen LogP contribution in [-0.4, -0.2) is 22.7 Å². The Labute approximate surface area is 103 Å². The predicted octanol–water partition coefficient (Wildman–Crippen LogP) is 2.45. The highest BCUT2D eigenvalue weighted by atomic mass is 32.2. The number of fused-ring (bicyclic) bond motifs is 1. The number of carbonyl (C=O) groups is 2. The molecule has 96 valence electrons. The summed E-state index contributed by atoms with van der Waals surface area (Å²) in [5.41, 5.74) is -1.98. The van der Waals surface area contributed by atoms with Crippen LogP contribution >= 0.6 is 11.8 Å². The van der Waals surface area contributed by atoms with Crippen molar-refractivity contribution in [1.82, 2.24) is 0 Å². The molecule has 0 saturated carbocycles. The molecule has 2 N–H and O–H groups in total. The van der Waals surface area contributed by atoms with Gasteiger partial charge in [-0.3, -0.25) is 4.79 Å². The van der Waals surface area contributed by atoms with Crippen molar-refractivity contribution in [2.75, 3.05) is 11.1 Å². The van der Waals surface area contributed by atoms with Crippen molar-refractivity contribution in [3.05, 3.63) is 23.3 Å². The smallest absolute Gasteiger partial charge is 0.417 e. The Bertz CT molecular complexity index is 542. The molecule has 0 aliphatic carbocycles. The van der Waals surface area contributed by atoms with Gasteiger partial charge in [-0.15, -0.1) is 11.8 Å². The van der Waals surface area contributed by atoms with E-state index >= 15 is 0 Å². The molecule has 1 amide bonds. The number of alkyl halides is 3. The first-order valence-corrected chi connectivity index (χ1v) is 5.69. The van der Waals surface area contributed by atoms with Crippen molar-refractivity contribution in [2.45, 2.75) is 11.1 Å². The molecule has 1 heterocycles. The van der Waals surface area contributed by atoms with E-state index in [0.717, 1.165) is 23.9 Å². The zero-order valence-electron chi connectivity index (χ0n) is 8.67. The molecule has 0 fully saturated rings. The first-order valence-electron chi connectivity index (χ1n) is 4.70. The van der Waals surface area contributed by atoms with Gasteiger partial charge in [0.1, 0.15) is 0 Å². The first kappa shape index (κ1) is 12.7. The summed E-state index contributed by atoms with van der Waals surface area (Å²) in [5, 5.41) is 11.1. The number of hydrogen-bond donors (Lipinski definition) is 2. The van der Waals surface area contributed by atoms with Gasteiger partial charge in [-0.2, -0.15) is 13.2 Å². The standard InChI is InChI=1S/C10H6F3NO3S/c11-10(12,13)5-2-7-6(1-4(5)9(16)17)14-8(15)3-18-7/h1-2H,3H2,(H,14,15)(H,16,17). The normalized spacial score (nSPS) is 14.9. The van der Waals surface area contributed by atoms with Crippen LogP contribution in [0.15, 0.2) is 17.0 Å². The molecule has 1 aromatic carbocycles. The average molecular weight is 277 g/mol. The largest absolute Gasteiger partial charge is 0.478 e. The molecule has 1 aliphatic heterocycles. The molecule has 1 aromatic rings. The van der Waals surface area contributed by atoms with Crippen LogP contribution in [0.25, 0.3) is 0 Å². The third kappa shape index (κ3) is 2.28. The zero-order chi connectivity index (χ0) is 13.5. The maximum Gasteiger partial charge on any atom is 0.417 e. The minimum atomic E-state index is -4.75. The Kier molecular flexibility index (Phi) is 2.97. The lowest BCUT2D eigenvalue weighted by molar-refractivity contribution is -0.138. The monoisotopic (exact) mass is 277 g/mol. The number of hydrogen-bond acceptors (Lipinski definition) is 3. The van der Waals surface area contributed by atoms with E-state index in [1.807, 2.05) is 0 Å². The van der Waals surface area contributed by atoms with Gasteiger partial charge in [-0.1, -0.05) is 0 Å². The molecule has 2 rings (SSSR count). The summed E-state index contributed by atoms with van der Waals surface area (Å²) in [7, 11) is 0. The van der Waals surface area contributed by atoms with E-state index < -0.39 is 23.3 Å². The van der Waals surface area contributed by atoms with E-state index in [2.05, 4.69) is 5.32 Å². The second-order valence-electron chi connectivity index (χ2n) is 3.53. The fraction of sp³-hybridized carbons (Fsp3) is 0.200. The van der Waals surface area contributed by atoms with Crippen LogP contribution in [0.4, 0.5) is 18.9 Å². The van der Waals surface area contributed by atoms with Gasteiger partial charge in [0.25, 0.3) is 0 Å². The number of benzene rings is 1. The Hall–Kier alpha value is -1.70. The van der Waals surface area contributed by atoms with E-state index in [1.54, 1.807) is 0 Å². The Morgan fingerprint density at radius 2 is 2.06 bits per heavy atom. The van der Waals surface area contributed by atoms with E-state index in [9.17, 15) is 22.8 Å². The first-order chi connectivity index (χ1) is 8.29. The molecule has 0 spiro atoms. The van der Waals surface area contributed by atoms with Gasteiger partial charge in [-0.25, -0.2) is 4.79 Å². The Balaban J connectivity index is 2.61. The van der Waals surface area contributed by atoms with Gasteiger partial charge in [-0.05, 0) is 12.1 Å². The van der Waals surface area contributed by atoms with Crippen LogP contribution < -0.4 is 5.32 Å². The summed E-state index contributed by atoms with van der Waals surface area (Å²) in [6, 6.07) is 1.59. The molecule has 0 saturated heterocycles. The van der Waals surface area contributed by atoms with Crippen molar-refractivity contribution < 1.29 is 27.9 Å². The number of carboxylic acids is 1. The van der Waals surface area contributed by atoms with Gasteiger partial charge < -0.3 is 10.4 Å². The van der Waals surface area contributed by atoms with E-state index in [1.165, 1.54) is 0 Å². The highest BCUT2D eigenvalue weighted by Crippen LogP contribution is 2.40. The molecule has 0 atom stereocenters. The summed E-state index contributed by atoms with van der Waals surface area (Å²) >= 11 is 0.943. The van der Waals surface area contributed by atoms with Crippen LogP contribution in [0, 0.1) is 0 Å². The maximum absolute atomic E-state index is 12.7. The molecular formula is C10H6F3NO3S. The number of rotatable bonds is 1. The highest BCUT2D eigenvalue weighted by Gasteiger charge is 2.37. The average Bonchev–Trinajstić information content (AvgIpc) is 2.25. The number of carboxylic acid groups (broad SMARTS) is 1.